The van der Waals surface area contributed by atoms with Gasteiger partial charge >= 0.3 is 36.4 Å². The third-order valence-corrected chi connectivity index (χ3v) is 20.7. The summed E-state index contributed by atoms with van der Waals surface area (Å²) >= 11 is 2.33. The Balaban J connectivity index is 0.000000186. The molecule has 6 aromatic carbocycles. The number of amides is 6. The van der Waals surface area contributed by atoms with E-state index in [1.54, 1.807) is 80.5 Å². The molecule has 1 aliphatic carbocycles. The number of ether oxygens (including phenoxy) is 7. The summed E-state index contributed by atoms with van der Waals surface area (Å²) in [5.74, 6) is 9.79. The van der Waals surface area contributed by atoms with Gasteiger partial charge in [0.1, 0.15) is 82.7 Å². The average molecular weight is 1920 g/mol. The lowest BCUT2D eigenvalue weighted by molar-refractivity contribution is -0.0225. The number of rotatable bonds is 19. The van der Waals surface area contributed by atoms with E-state index in [9.17, 15) is 48.6 Å². The minimum absolute atomic E-state index is 0.000463. The van der Waals surface area contributed by atoms with Crippen LogP contribution >= 0.6 is 22.6 Å². The van der Waals surface area contributed by atoms with Crippen LogP contribution in [0.4, 0.5) is 24.0 Å². The number of fused-ring (bicyclic) bond motifs is 3. The molecule has 3 aromatic heterocycles. The SMILES string of the molecule is C#CCN(CC#C)C(=O)OCc1ccccc1.C#CCNCC#C.CC(C)(C)OC(=O)N1CC(I)C1.CC(C)(C)OC(=O)N1CC(Oc2cccc(C(=O)c3cc4c(cn3)CN(C(=O)OCc3ccccc3)C4)c2)C1.CC(C)(C)OC(=O)N1CC(Oc2cccc(C(O)c3cc4c(cn3)CNC4)c2)C1.O=C(c1cccc(O)c1)c1cc2c(cn1)CCC2.[C-]#[N+]C(=O)c1cccc(O)c1. The van der Waals surface area contributed by atoms with Crippen LogP contribution in [0.2, 0.25) is 0 Å². The number of carbonyl (C=O) groups excluding carboxylic acids is 8. The van der Waals surface area contributed by atoms with E-state index in [1.165, 1.54) is 57.5 Å². The average Bonchev–Trinajstić information content (AvgIpc) is 1.28. The molecule has 0 radical (unpaired) electrons. The van der Waals surface area contributed by atoms with Gasteiger partial charge in [0.25, 0.3) is 0 Å². The maximum absolute atomic E-state index is 13.2. The number of aliphatic hydroxyl groups excluding tert-OH is 1. The molecule has 6 amide bonds. The number of halogens is 1. The van der Waals surface area contributed by atoms with Crippen molar-refractivity contribution in [2.45, 2.75) is 160 Å². The Morgan fingerprint density at radius 1 is 0.504 bits per heavy atom. The van der Waals surface area contributed by atoms with E-state index in [2.05, 4.69) is 76.7 Å². The fraction of sp³-hybridized carbons (Fsp3) is 0.340. The fourth-order valence-electron chi connectivity index (χ4n) is 13.2. The van der Waals surface area contributed by atoms with Crippen molar-refractivity contribution in [2.75, 3.05) is 65.4 Å². The topological polar surface area (TPSA) is 345 Å². The van der Waals surface area contributed by atoms with Gasteiger partial charge in [0, 0.05) is 71.9 Å². The van der Waals surface area contributed by atoms with Crippen molar-refractivity contribution in [3.63, 3.8) is 0 Å². The quantitative estimate of drug-likeness (QED) is 0.00955. The Morgan fingerprint density at radius 3 is 1.47 bits per heavy atom. The normalized spacial score (nSPS) is 13.8. The van der Waals surface area contributed by atoms with Crippen LogP contribution in [-0.2, 0) is 75.9 Å². The lowest BCUT2D eigenvalue weighted by atomic mass is 10.0. The standard InChI is InChI=1S/C30H31N3O6.C22H27N3O4.C15H13NO2.C14H13NO2.C8H14INO2.C8H5NO2.C6H7N/c1-30(2,3)39-29(36)33-17-25(18-33)38-24-11-7-10-21(12-24)27(34)26-13-22-15-32(16-23(22)14-31-26)28(35)37-19-20-8-5-4-6-9-20;1-22(2,3)29-21(27)25-12-18(13-25)28-17-6-4-5-14(7-17)20(26)19-8-15-9-23-10-16(15)11-24-19;17-13-6-2-4-11(7-13)15(18)14-8-10-3-1-5-12(10)9-16-14;1-3-10-15(11-4-2)14(16)17-12-13-8-6-5-7-9-13;1-8(2,3)12-7(11)10-4-6(9)5-10;1-9-8(11)6-3-2-4-7(10)5-6;1-3-5-7-6-4-2/h4-14,25H,15-19H2,1-3H3;4-8,11,18,20,23,26H,9-10,12-13H2,1-3H3;2,4,6-9,17H,1,3,5H2;1-2,5-9H,10-12H2;6H,4-5H2,1-3H3;2-5,10H;1-2,7H,5-6H2. The number of aromatic nitrogens is 3. The van der Waals surface area contributed by atoms with Gasteiger partial charge < -0.3 is 73.3 Å². The molecule has 6 aliphatic rings. The predicted molar refractivity (Wildman–Crippen MR) is 509 cm³/mol. The Hall–Kier alpha value is -14.3. The van der Waals surface area contributed by atoms with E-state index < -0.39 is 35.4 Å². The first-order valence-electron chi connectivity index (χ1n) is 42.9. The van der Waals surface area contributed by atoms with Crippen molar-refractivity contribution in [1.82, 2.24) is 50.1 Å². The number of nitrogens with one attached hydrogen (secondary N) is 2. The molecule has 5 aliphatic heterocycles. The number of aromatic hydroxyl groups is 2. The molecule has 0 spiro atoms. The summed E-state index contributed by atoms with van der Waals surface area (Å²) in [5, 5.41) is 35.2. The summed E-state index contributed by atoms with van der Waals surface area (Å²) in [6.07, 6.45) is 25.7. The van der Waals surface area contributed by atoms with Crippen LogP contribution < -0.4 is 20.1 Å². The van der Waals surface area contributed by atoms with Gasteiger partial charge in [0.15, 0.2) is 0 Å². The van der Waals surface area contributed by atoms with Crippen LogP contribution in [0.1, 0.15) is 173 Å². The van der Waals surface area contributed by atoms with E-state index in [4.69, 9.17) is 70.5 Å². The van der Waals surface area contributed by atoms with Gasteiger partial charge in [-0.05, 0) is 198 Å². The van der Waals surface area contributed by atoms with Crippen LogP contribution in [0.15, 0.2) is 195 Å². The van der Waals surface area contributed by atoms with Crippen LogP contribution in [0.5, 0.6) is 23.0 Å². The minimum Gasteiger partial charge on any atom is -0.508 e. The highest BCUT2D eigenvalue weighted by Gasteiger charge is 2.38. The van der Waals surface area contributed by atoms with Crippen LogP contribution in [-0.4, -0.2) is 201 Å². The Kier molecular flexibility index (Phi) is 38.2. The number of benzene rings is 6. The molecule has 0 saturated carbocycles. The van der Waals surface area contributed by atoms with E-state index >= 15 is 0 Å². The summed E-state index contributed by atoms with van der Waals surface area (Å²) in [7, 11) is 0. The fourth-order valence-corrected chi connectivity index (χ4v) is 14.2. The number of nitrogens with zero attached hydrogens (tertiary/aromatic N) is 9. The monoisotopic (exact) mass is 1920 g/mol. The summed E-state index contributed by atoms with van der Waals surface area (Å²) < 4.78 is 39.0. The smallest absolute Gasteiger partial charge is 0.411 e. The van der Waals surface area contributed by atoms with Gasteiger partial charge in [-0.2, -0.15) is 4.85 Å². The van der Waals surface area contributed by atoms with Gasteiger partial charge in [-0.25, -0.2) is 24.0 Å². The third-order valence-electron chi connectivity index (χ3n) is 19.9. The molecule has 8 heterocycles. The second-order valence-corrected chi connectivity index (χ2v) is 35.9. The molecule has 9 aromatic rings. The van der Waals surface area contributed by atoms with Crippen molar-refractivity contribution in [3.05, 3.63) is 290 Å². The van der Waals surface area contributed by atoms with Crippen LogP contribution in [0.25, 0.3) is 4.85 Å². The second-order valence-electron chi connectivity index (χ2n) is 34.1. The highest BCUT2D eigenvalue weighted by molar-refractivity contribution is 14.1. The third kappa shape index (κ3) is 33.2. The number of ketones is 2. The second kappa shape index (κ2) is 49.6. The van der Waals surface area contributed by atoms with Crippen LogP contribution in [0, 0.1) is 55.9 Å². The zero-order valence-electron chi connectivity index (χ0n) is 75.9. The molecule has 3 saturated heterocycles. The van der Waals surface area contributed by atoms with Crippen molar-refractivity contribution >= 4 is 70.5 Å². The molecule has 1 unspecified atom stereocenters. The molecular formula is C103H110IN11O18. The summed E-state index contributed by atoms with van der Waals surface area (Å²) in [5.41, 5.74) is 10.3. The number of hydrogen-bond acceptors (Lipinski definition) is 23. The lowest BCUT2D eigenvalue weighted by Crippen LogP contribution is -2.57. The summed E-state index contributed by atoms with van der Waals surface area (Å²) in [4.78, 5) is 119. The van der Waals surface area contributed by atoms with Crippen molar-refractivity contribution in [1.29, 1.82) is 0 Å². The number of carbonyl (C=O) groups is 8. The highest BCUT2D eigenvalue weighted by Crippen LogP contribution is 2.32. The summed E-state index contributed by atoms with van der Waals surface area (Å²) in [6.45, 7) is 30.8. The number of hydrogen-bond donors (Lipinski definition) is 5. The Morgan fingerprint density at radius 2 is 0.955 bits per heavy atom. The zero-order valence-corrected chi connectivity index (χ0v) is 78.1. The van der Waals surface area contributed by atoms with Gasteiger partial charge in [-0.1, -0.05) is 155 Å². The largest absolute Gasteiger partial charge is 0.508 e. The van der Waals surface area contributed by atoms with Crippen molar-refractivity contribution in [2.24, 2.45) is 0 Å². The zero-order chi connectivity index (χ0) is 96.4. The highest BCUT2D eigenvalue weighted by atomic mass is 127. The molecule has 3 fully saturated rings. The number of aryl methyl sites for hydroxylation is 2. The van der Waals surface area contributed by atoms with Gasteiger partial charge in [-0.3, -0.25) is 39.7 Å². The summed E-state index contributed by atoms with van der Waals surface area (Å²) in [6, 6.07) is 50.9. The molecule has 29 nitrogen and oxygen atoms in total. The lowest BCUT2D eigenvalue weighted by Gasteiger charge is -2.39. The maximum Gasteiger partial charge on any atom is 0.411 e. The first-order chi connectivity index (χ1) is 63.5. The molecule has 5 N–H and O–H groups in total. The molecule has 692 valence electrons. The number of terminal acetylenes is 4. The molecule has 1 atom stereocenters. The number of pyridine rings is 3. The van der Waals surface area contributed by atoms with E-state index in [0.29, 0.717) is 96.0 Å². The van der Waals surface area contributed by atoms with Crippen molar-refractivity contribution < 1.29 is 86.8 Å². The first kappa shape index (κ1) is 102. The molecular weight excluding hydrogens is 1810 g/mol. The number of phenols is 2. The van der Waals surface area contributed by atoms with E-state index in [0.717, 1.165) is 73.3 Å². The number of likely N-dealkylation sites (tertiary alicyclic amines) is 3. The Bertz CT molecular complexity index is 5720. The Labute approximate surface area is 790 Å². The molecule has 133 heavy (non-hydrogen) atoms. The molecule has 15 rings (SSSR count). The van der Waals surface area contributed by atoms with E-state index in [-0.39, 0.29) is 91.0 Å². The molecule has 30 heteroatoms. The van der Waals surface area contributed by atoms with E-state index in [1.807, 2.05) is 166 Å². The van der Waals surface area contributed by atoms with Crippen molar-refractivity contribution in [3.8, 4) is 72.4 Å². The van der Waals surface area contributed by atoms with Gasteiger partial charge in [0.2, 0.25) is 11.6 Å². The first-order valence-corrected chi connectivity index (χ1v) is 44.1. The van der Waals surface area contributed by atoms with Gasteiger partial charge in [0.05, 0.1) is 71.2 Å². The maximum atomic E-state index is 13.2. The number of aliphatic hydroxyl groups is 1. The molecule has 0 bridgehead atoms. The predicted octanol–water partition coefficient (Wildman–Crippen LogP) is 15.5. The number of alkyl halides is 1. The minimum atomic E-state index is -0.816. The number of phenolic OH excluding ortho intramolecular Hbond substituents is 2. The van der Waals surface area contributed by atoms with Gasteiger partial charge in [-0.15, -0.1) is 25.7 Å². The van der Waals surface area contributed by atoms with Crippen LogP contribution in [0.3, 0.4) is 0 Å².